The molecule has 3 rings (SSSR count). The highest BCUT2D eigenvalue weighted by molar-refractivity contribution is 7.92. The lowest BCUT2D eigenvalue weighted by atomic mass is 10.2. The van der Waals surface area contributed by atoms with Crippen LogP contribution in [0.5, 0.6) is 0 Å². The molecule has 3 aromatic rings. The van der Waals surface area contributed by atoms with E-state index in [0.717, 1.165) is 22.2 Å². The van der Waals surface area contributed by atoms with E-state index in [1.54, 1.807) is 30.5 Å². The molecular weight excluding hydrogens is 346 g/mol. The minimum atomic E-state index is -3.55. The number of hydrogen-bond acceptors (Lipinski definition) is 3. The third kappa shape index (κ3) is 4.23. The number of hydrogen-bond donors (Lipinski definition) is 1. The zero-order valence-electron chi connectivity index (χ0n) is 13.0. The van der Waals surface area contributed by atoms with Crippen molar-refractivity contribution in [1.29, 1.82) is 0 Å². The van der Waals surface area contributed by atoms with E-state index < -0.39 is 10.0 Å². The number of halogens is 1. The van der Waals surface area contributed by atoms with Crippen molar-refractivity contribution < 1.29 is 8.42 Å². The number of fused-ring (bicyclic) bond motifs is 1. The molecule has 1 aromatic carbocycles. The molecule has 1 N–H and O–H groups in total. The molecule has 0 bridgehead atoms. The first-order chi connectivity index (χ1) is 11.4. The highest BCUT2D eigenvalue weighted by Gasteiger charge is 2.08. The fourth-order valence-electron chi connectivity index (χ4n) is 2.19. The number of nitrogens with zero attached hydrogens (tertiary/aromatic N) is 2. The number of nitrogens with one attached hydrogen (secondary N) is 1. The van der Waals surface area contributed by atoms with E-state index in [1.807, 2.05) is 29.7 Å². The lowest BCUT2D eigenvalue weighted by Gasteiger charge is -2.00. The summed E-state index contributed by atoms with van der Waals surface area (Å²) in [6, 6.07) is 10.8. The van der Waals surface area contributed by atoms with Crippen LogP contribution in [0.3, 0.4) is 0 Å². The van der Waals surface area contributed by atoms with E-state index in [0.29, 0.717) is 10.7 Å². The Balaban J connectivity index is 1.68. The second-order valence-corrected chi connectivity index (χ2v) is 7.51. The van der Waals surface area contributed by atoms with E-state index in [9.17, 15) is 8.42 Å². The van der Waals surface area contributed by atoms with Gasteiger partial charge in [0.1, 0.15) is 5.65 Å². The molecule has 0 saturated heterocycles. The van der Waals surface area contributed by atoms with Crippen LogP contribution in [0.4, 0.5) is 0 Å². The number of rotatable bonds is 5. The highest BCUT2D eigenvalue weighted by atomic mass is 35.5. The van der Waals surface area contributed by atoms with Crippen LogP contribution in [0.2, 0.25) is 5.02 Å². The molecule has 7 heteroatoms. The second-order valence-electron chi connectivity index (χ2n) is 5.42. The molecule has 24 heavy (non-hydrogen) atoms. The maximum Gasteiger partial charge on any atom is 0.234 e. The van der Waals surface area contributed by atoms with Gasteiger partial charge in [-0.2, -0.15) is 0 Å². The summed E-state index contributed by atoms with van der Waals surface area (Å²) in [4.78, 5) is 4.40. The lowest BCUT2D eigenvalue weighted by molar-refractivity contribution is 0.590. The van der Waals surface area contributed by atoms with E-state index in [1.165, 1.54) is 6.08 Å². The van der Waals surface area contributed by atoms with Gasteiger partial charge in [-0.05, 0) is 48.4 Å². The number of benzene rings is 1. The first-order valence-corrected chi connectivity index (χ1v) is 9.21. The topological polar surface area (TPSA) is 63.5 Å². The molecule has 0 spiro atoms. The maximum absolute atomic E-state index is 12.1. The van der Waals surface area contributed by atoms with Crippen molar-refractivity contribution >= 4 is 33.3 Å². The van der Waals surface area contributed by atoms with Crippen LogP contribution in [-0.4, -0.2) is 17.8 Å². The van der Waals surface area contributed by atoms with Crippen LogP contribution in [-0.2, 0) is 16.6 Å². The van der Waals surface area contributed by atoms with E-state index in [-0.39, 0.29) is 6.54 Å². The summed E-state index contributed by atoms with van der Waals surface area (Å²) in [5.74, 6) is 0. The van der Waals surface area contributed by atoms with Gasteiger partial charge in [-0.3, -0.25) is 0 Å². The fourth-order valence-corrected chi connectivity index (χ4v) is 3.09. The zero-order chi connectivity index (χ0) is 17.2. The van der Waals surface area contributed by atoms with Crippen molar-refractivity contribution in [2.75, 3.05) is 0 Å². The molecule has 0 fully saturated rings. The predicted molar refractivity (Wildman–Crippen MR) is 96.2 cm³/mol. The third-order valence-electron chi connectivity index (χ3n) is 3.43. The normalized spacial score (nSPS) is 12.2. The molecule has 2 aromatic heterocycles. The number of imidazole rings is 1. The van der Waals surface area contributed by atoms with Gasteiger partial charge >= 0.3 is 0 Å². The molecule has 2 heterocycles. The molecule has 0 aliphatic rings. The smallest absolute Gasteiger partial charge is 0.234 e. The highest BCUT2D eigenvalue weighted by Crippen LogP contribution is 2.11. The van der Waals surface area contributed by atoms with Gasteiger partial charge in [0.2, 0.25) is 10.0 Å². The largest absolute Gasteiger partial charge is 0.307 e. The Labute approximate surface area is 145 Å². The molecule has 124 valence electrons. The first-order valence-electron chi connectivity index (χ1n) is 7.29. The summed E-state index contributed by atoms with van der Waals surface area (Å²) in [6.45, 7) is 2.12. The summed E-state index contributed by atoms with van der Waals surface area (Å²) in [7, 11) is -3.55. The summed E-state index contributed by atoms with van der Waals surface area (Å²) in [5.41, 5.74) is 3.31. The lowest BCUT2D eigenvalue weighted by Crippen LogP contribution is -2.20. The van der Waals surface area contributed by atoms with Gasteiger partial charge in [-0.25, -0.2) is 18.1 Å². The van der Waals surface area contributed by atoms with Gasteiger partial charge in [0.25, 0.3) is 0 Å². The molecule has 0 atom stereocenters. The molecule has 0 amide bonds. The number of aryl methyl sites for hydroxylation is 1. The molecule has 0 aliphatic carbocycles. The van der Waals surface area contributed by atoms with Crippen molar-refractivity contribution in [2.24, 2.45) is 0 Å². The molecule has 0 saturated carbocycles. The summed E-state index contributed by atoms with van der Waals surface area (Å²) in [6.07, 6.45) is 5.22. The van der Waals surface area contributed by atoms with Crippen LogP contribution in [0.15, 0.2) is 54.2 Å². The third-order valence-corrected chi connectivity index (χ3v) is 4.72. The number of sulfonamides is 1. The van der Waals surface area contributed by atoms with Crippen LogP contribution in [0.1, 0.15) is 16.8 Å². The van der Waals surface area contributed by atoms with Gasteiger partial charge in [0.05, 0.1) is 12.2 Å². The van der Waals surface area contributed by atoms with E-state index in [2.05, 4.69) is 9.71 Å². The zero-order valence-corrected chi connectivity index (χ0v) is 14.6. The van der Waals surface area contributed by atoms with Gasteiger partial charge in [-0.1, -0.05) is 23.7 Å². The van der Waals surface area contributed by atoms with Gasteiger partial charge < -0.3 is 4.40 Å². The maximum atomic E-state index is 12.1. The fraction of sp³-hybridized carbons (Fsp3) is 0.118. The van der Waals surface area contributed by atoms with Gasteiger partial charge in [-0.15, -0.1) is 0 Å². The summed E-state index contributed by atoms with van der Waals surface area (Å²) >= 11 is 5.80. The predicted octanol–water partition coefficient (Wildman–Crippen LogP) is 3.39. The summed E-state index contributed by atoms with van der Waals surface area (Å²) < 4.78 is 28.5. The summed E-state index contributed by atoms with van der Waals surface area (Å²) in [5, 5.41) is 1.74. The van der Waals surface area contributed by atoms with Crippen molar-refractivity contribution in [2.45, 2.75) is 13.5 Å². The second kappa shape index (κ2) is 6.76. The van der Waals surface area contributed by atoms with Crippen molar-refractivity contribution in [1.82, 2.24) is 14.1 Å². The quantitative estimate of drug-likeness (QED) is 0.757. The van der Waals surface area contributed by atoms with Crippen LogP contribution in [0, 0.1) is 6.92 Å². The Morgan fingerprint density at radius 2 is 2.00 bits per heavy atom. The number of pyridine rings is 1. The average Bonchev–Trinajstić information content (AvgIpc) is 2.95. The van der Waals surface area contributed by atoms with Gasteiger partial charge in [0.15, 0.2) is 0 Å². The molecule has 0 radical (unpaired) electrons. The van der Waals surface area contributed by atoms with Crippen molar-refractivity contribution in [3.63, 3.8) is 0 Å². The SMILES string of the molecule is Cc1ccn2cc(CNS(=O)(=O)/C=C/c3ccc(Cl)cc3)nc2c1. The molecule has 0 unspecified atom stereocenters. The minimum Gasteiger partial charge on any atom is -0.307 e. The van der Waals surface area contributed by atoms with Crippen molar-refractivity contribution in [3.8, 4) is 0 Å². The van der Waals surface area contributed by atoms with Gasteiger partial charge in [0, 0.05) is 22.8 Å². The standard InChI is InChI=1S/C17H16ClN3O2S/c1-13-6-8-21-12-16(20-17(21)10-13)11-19-24(22,23)9-7-14-2-4-15(18)5-3-14/h2-10,12,19H,11H2,1H3/b9-7+. The van der Waals surface area contributed by atoms with Crippen LogP contribution in [0.25, 0.3) is 11.7 Å². The Bertz CT molecular complexity index is 992. The van der Waals surface area contributed by atoms with Crippen LogP contribution < -0.4 is 4.72 Å². The van der Waals surface area contributed by atoms with E-state index >= 15 is 0 Å². The Morgan fingerprint density at radius 3 is 2.75 bits per heavy atom. The monoisotopic (exact) mass is 361 g/mol. The molecule has 5 nitrogen and oxygen atoms in total. The Kier molecular flexibility index (Phi) is 4.71. The Hall–Kier alpha value is -2.15. The van der Waals surface area contributed by atoms with Crippen molar-refractivity contribution in [3.05, 3.63) is 76.0 Å². The molecule has 0 aliphatic heterocycles. The Morgan fingerprint density at radius 1 is 1.25 bits per heavy atom. The first kappa shape index (κ1) is 16.7. The number of aromatic nitrogens is 2. The molecular formula is C17H16ClN3O2S. The average molecular weight is 362 g/mol. The van der Waals surface area contributed by atoms with Crippen LogP contribution >= 0.6 is 11.6 Å². The van der Waals surface area contributed by atoms with E-state index in [4.69, 9.17) is 11.6 Å². The minimum absolute atomic E-state index is 0.133.